The van der Waals surface area contributed by atoms with Crippen molar-refractivity contribution in [1.82, 2.24) is 9.97 Å². The average Bonchev–Trinajstić information content (AvgIpc) is 2.18. The van der Waals surface area contributed by atoms with Gasteiger partial charge in [-0.25, -0.2) is 9.97 Å². The van der Waals surface area contributed by atoms with Crippen LogP contribution < -0.4 is 0 Å². The lowest BCUT2D eigenvalue weighted by Gasteiger charge is -2.13. The SMILES string of the molecule is CC(C)c1cc(CC(Cl)C(C)C)ncn1. The van der Waals surface area contributed by atoms with Crippen LogP contribution in [0.25, 0.3) is 0 Å². The quantitative estimate of drug-likeness (QED) is 0.736. The van der Waals surface area contributed by atoms with Crippen molar-refractivity contribution < 1.29 is 0 Å². The first-order valence-corrected chi connectivity index (χ1v) is 5.89. The van der Waals surface area contributed by atoms with Gasteiger partial charge in [-0.2, -0.15) is 0 Å². The van der Waals surface area contributed by atoms with Crippen molar-refractivity contribution in [3.05, 3.63) is 23.8 Å². The van der Waals surface area contributed by atoms with Crippen LogP contribution in [-0.2, 0) is 6.42 Å². The molecular weight excluding hydrogens is 208 g/mol. The zero-order chi connectivity index (χ0) is 11.4. The van der Waals surface area contributed by atoms with Crippen LogP contribution in [0.1, 0.15) is 45.0 Å². The zero-order valence-electron chi connectivity index (χ0n) is 9.87. The van der Waals surface area contributed by atoms with Crippen LogP contribution in [-0.4, -0.2) is 15.3 Å². The van der Waals surface area contributed by atoms with Crippen molar-refractivity contribution in [2.45, 2.75) is 45.4 Å². The van der Waals surface area contributed by atoms with Crippen LogP contribution in [0, 0.1) is 5.92 Å². The van der Waals surface area contributed by atoms with Gasteiger partial charge in [0.25, 0.3) is 0 Å². The maximum absolute atomic E-state index is 6.22. The third-order valence-electron chi connectivity index (χ3n) is 2.46. The third-order valence-corrected chi connectivity index (χ3v) is 3.12. The number of hydrogen-bond donors (Lipinski definition) is 0. The van der Waals surface area contributed by atoms with Crippen LogP contribution in [0.3, 0.4) is 0 Å². The van der Waals surface area contributed by atoms with Gasteiger partial charge in [-0.05, 0) is 17.9 Å². The van der Waals surface area contributed by atoms with E-state index in [1.165, 1.54) is 0 Å². The molecule has 0 bridgehead atoms. The zero-order valence-corrected chi connectivity index (χ0v) is 10.6. The average molecular weight is 227 g/mol. The van der Waals surface area contributed by atoms with Gasteiger partial charge in [0.1, 0.15) is 6.33 Å². The third kappa shape index (κ3) is 3.78. The maximum atomic E-state index is 6.22. The second-order valence-electron chi connectivity index (χ2n) is 4.55. The van der Waals surface area contributed by atoms with E-state index in [2.05, 4.69) is 43.7 Å². The molecule has 0 N–H and O–H groups in total. The Balaban J connectivity index is 2.73. The predicted molar refractivity (Wildman–Crippen MR) is 64.3 cm³/mol. The van der Waals surface area contributed by atoms with Gasteiger partial charge in [-0.1, -0.05) is 27.7 Å². The van der Waals surface area contributed by atoms with Crippen molar-refractivity contribution in [3.63, 3.8) is 0 Å². The van der Waals surface area contributed by atoms with E-state index in [1.807, 2.05) is 0 Å². The highest BCUT2D eigenvalue weighted by Crippen LogP contribution is 2.17. The maximum Gasteiger partial charge on any atom is 0.115 e. The lowest BCUT2D eigenvalue weighted by molar-refractivity contribution is 0.589. The minimum Gasteiger partial charge on any atom is -0.241 e. The number of rotatable bonds is 4. The normalized spacial score (nSPS) is 13.5. The fourth-order valence-corrected chi connectivity index (χ4v) is 1.44. The summed E-state index contributed by atoms with van der Waals surface area (Å²) >= 11 is 6.22. The minimum atomic E-state index is 0.153. The lowest BCUT2D eigenvalue weighted by Crippen LogP contribution is -2.12. The summed E-state index contributed by atoms with van der Waals surface area (Å²) in [5.41, 5.74) is 2.13. The summed E-state index contributed by atoms with van der Waals surface area (Å²) in [7, 11) is 0. The monoisotopic (exact) mass is 226 g/mol. The molecule has 3 heteroatoms. The Bertz CT molecular complexity index is 310. The number of halogens is 1. The molecule has 0 aliphatic rings. The van der Waals surface area contributed by atoms with E-state index < -0.39 is 0 Å². The smallest absolute Gasteiger partial charge is 0.115 e. The summed E-state index contributed by atoms with van der Waals surface area (Å²) in [5, 5.41) is 0.153. The topological polar surface area (TPSA) is 25.8 Å². The Morgan fingerprint density at radius 3 is 2.40 bits per heavy atom. The molecule has 0 saturated heterocycles. The van der Waals surface area contributed by atoms with Gasteiger partial charge in [-0.3, -0.25) is 0 Å². The van der Waals surface area contributed by atoms with Crippen molar-refractivity contribution in [3.8, 4) is 0 Å². The van der Waals surface area contributed by atoms with Crippen LogP contribution in [0.5, 0.6) is 0 Å². The second-order valence-corrected chi connectivity index (χ2v) is 5.11. The van der Waals surface area contributed by atoms with Crippen LogP contribution in [0.2, 0.25) is 0 Å². The van der Waals surface area contributed by atoms with E-state index in [-0.39, 0.29) is 5.38 Å². The van der Waals surface area contributed by atoms with Gasteiger partial charge in [0.2, 0.25) is 0 Å². The summed E-state index contributed by atoms with van der Waals surface area (Å²) in [6.07, 6.45) is 2.45. The highest BCUT2D eigenvalue weighted by atomic mass is 35.5. The molecule has 0 aliphatic heterocycles. The molecule has 0 aliphatic carbocycles. The summed E-state index contributed by atoms with van der Waals surface area (Å²) in [6, 6.07) is 2.06. The Hall–Kier alpha value is -0.630. The van der Waals surface area contributed by atoms with E-state index in [1.54, 1.807) is 6.33 Å². The fourth-order valence-electron chi connectivity index (χ4n) is 1.28. The van der Waals surface area contributed by atoms with Crippen molar-refractivity contribution in [1.29, 1.82) is 0 Å². The van der Waals surface area contributed by atoms with E-state index in [0.29, 0.717) is 11.8 Å². The summed E-state index contributed by atoms with van der Waals surface area (Å²) < 4.78 is 0. The van der Waals surface area contributed by atoms with Gasteiger partial charge in [0.15, 0.2) is 0 Å². The molecule has 0 saturated carbocycles. The predicted octanol–water partition coefficient (Wildman–Crippen LogP) is 3.41. The molecule has 1 rings (SSSR count). The van der Waals surface area contributed by atoms with Gasteiger partial charge in [-0.15, -0.1) is 11.6 Å². The molecular formula is C12H19ClN2. The number of nitrogens with zero attached hydrogens (tertiary/aromatic N) is 2. The largest absolute Gasteiger partial charge is 0.241 e. The van der Waals surface area contributed by atoms with Gasteiger partial charge in [0.05, 0.1) is 0 Å². The highest BCUT2D eigenvalue weighted by molar-refractivity contribution is 6.20. The highest BCUT2D eigenvalue weighted by Gasteiger charge is 2.12. The Labute approximate surface area is 97.1 Å². The molecule has 0 aromatic carbocycles. The molecule has 0 radical (unpaired) electrons. The van der Waals surface area contributed by atoms with Gasteiger partial charge < -0.3 is 0 Å². The molecule has 1 heterocycles. The first-order valence-electron chi connectivity index (χ1n) is 5.45. The number of hydrogen-bond acceptors (Lipinski definition) is 2. The van der Waals surface area contributed by atoms with Crippen LogP contribution in [0.4, 0.5) is 0 Å². The van der Waals surface area contributed by atoms with E-state index in [9.17, 15) is 0 Å². The Morgan fingerprint density at radius 2 is 1.87 bits per heavy atom. The molecule has 1 atom stereocenters. The molecule has 15 heavy (non-hydrogen) atoms. The Kier molecular flexibility index (Phi) is 4.52. The van der Waals surface area contributed by atoms with Gasteiger partial charge in [0, 0.05) is 23.2 Å². The second kappa shape index (κ2) is 5.45. The molecule has 0 spiro atoms. The Morgan fingerprint density at radius 1 is 1.20 bits per heavy atom. The summed E-state index contributed by atoms with van der Waals surface area (Å²) in [6.45, 7) is 8.52. The minimum absolute atomic E-state index is 0.153. The summed E-state index contributed by atoms with van der Waals surface area (Å²) in [4.78, 5) is 8.49. The van der Waals surface area contributed by atoms with E-state index in [4.69, 9.17) is 11.6 Å². The number of alkyl halides is 1. The molecule has 0 amide bonds. The van der Waals surface area contributed by atoms with E-state index in [0.717, 1.165) is 17.8 Å². The molecule has 1 aromatic heterocycles. The van der Waals surface area contributed by atoms with Crippen LogP contribution >= 0.6 is 11.6 Å². The molecule has 0 fully saturated rings. The van der Waals surface area contributed by atoms with Gasteiger partial charge >= 0.3 is 0 Å². The molecule has 1 aromatic rings. The van der Waals surface area contributed by atoms with Crippen molar-refractivity contribution in [2.75, 3.05) is 0 Å². The molecule has 84 valence electrons. The lowest BCUT2D eigenvalue weighted by atomic mass is 10.0. The first-order chi connectivity index (χ1) is 7.00. The summed E-state index contributed by atoms with van der Waals surface area (Å²) in [5.74, 6) is 0.920. The first kappa shape index (κ1) is 12.4. The van der Waals surface area contributed by atoms with Crippen molar-refractivity contribution >= 4 is 11.6 Å². The van der Waals surface area contributed by atoms with Crippen molar-refractivity contribution in [2.24, 2.45) is 5.92 Å². The molecule has 1 unspecified atom stereocenters. The number of aromatic nitrogens is 2. The molecule has 2 nitrogen and oxygen atoms in total. The fraction of sp³-hybridized carbons (Fsp3) is 0.667. The van der Waals surface area contributed by atoms with Crippen LogP contribution in [0.15, 0.2) is 12.4 Å². The van der Waals surface area contributed by atoms with E-state index >= 15 is 0 Å². The standard InChI is InChI=1S/C12H19ClN2/c1-8(2)11(13)5-10-6-12(9(3)4)15-7-14-10/h6-9,11H,5H2,1-4H3.